The molecule has 0 bridgehead atoms. The van der Waals surface area contributed by atoms with E-state index in [0.29, 0.717) is 12.0 Å². The molecule has 0 aliphatic carbocycles. The van der Waals surface area contributed by atoms with Gasteiger partial charge in [-0.3, -0.25) is 0 Å². The monoisotopic (exact) mass is 294 g/mol. The summed E-state index contributed by atoms with van der Waals surface area (Å²) in [6.45, 7) is 2.11. The highest BCUT2D eigenvalue weighted by molar-refractivity contribution is 9.10. The van der Waals surface area contributed by atoms with Crippen molar-refractivity contribution in [3.05, 3.63) is 22.7 Å². The second kappa shape index (κ2) is 4.31. The zero-order chi connectivity index (χ0) is 11.8. The number of halogens is 1. The van der Waals surface area contributed by atoms with Gasteiger partial charge in [-0.25, -0.2) is 4.98 Å². The Morgan fingerprint density at radius 3 is 2.88 bits per heavy atom. The summed E-state index contributed by atoms with van der Waals surface area (Å²) in [7, 11) is 0. The minimum absolute atomic E-state index is 0.474. The van der Waals surface area contributed by atoms with Gasteiger partial charge in [0.25, 0.3) is 0 Å². The summed E-state index contributed by atoms with van der Waals surface area (Å²) in [6, 6.07) is 6.62. The minimum atomic E-state index is 0.474. The zero-order valence-electron chi connectivity index (χ0n) is 9.49. The van der Waals surface area contributed by atoms with Crippen molar-refractivity contribution in [2.24, 2.45) is 0 Å². The lowest BCUT2D eigenvalue weighted by molar-refractivity contribution is 0.378. The van der Waals surface area contributed by atoms with E-state index in [-0.39, 0.29) is 0 Å². The number of benzene rings is 1. The molecule has 1 saturated heterocycles. The molecular formula is C12H15BrN4. The van der Waals surface area contributed by atoms with Crippen LogP contribution >= 0.6 is 15.9 Å². The van der Waals surface area contributed by atoms with Gasteiger partial charge in [0, 0.05) is 10.5 Å². The summed E-state index contributed by atoms with van der Waals surface area (Å²) in [5.41, 5.74) is 8.16. The largest absolute Gasteiger partial charge is 0.369 e. The number of fused-ring (bicyclic) bond motifs is 1. The van der Waals surface area contributed by atoms with Crippen LogP contribution in [0.3, 0.4) is 0 Å². The Balaban J connectivity index is 2.11. The van der Waals surface area contributed by atoms with Crippen LogP contribution in [0, 0.1) is 0 Å². The van der Waals surface area contributed by atoms with Crippen LogP contribution in [0.2, 0.25) is 0 Å². The first-order chi connectivity index (χ1) is 8.25. The van der Waals surface area contributed by atoms with E-state index in [1.807, 2.05) is 12.1 Å². The first kappa shape index (κ1) is 11.0. The highest BCUT2D eigenvalue weighted by atomic mass is 79.9. The van der Waals surface area contributed by atoms with Gasteiger partial charge in [-0.15, -0.1) is 0 Å². The van der Waals surface area contributed by atoms with Crippen LogP contribution in [-0.2, 0) is 0 Å². The van der Waals surface area contributed by atoms with Crippen molar-refractivity contribution in [2.45, 2.75) is 18.9 Å². The maximum absolute atomic E-state index is 6.05. The van der Waals surface area contributed by atoms with Gasteiger partial charge in [0.15, 0.2) is 0 Å². The van der Waals surface area contributed by atoms with Crippen LogP contribution in [0.15, 0.2) is 22.7 Å². The van der Waals surface area contributed by atoms with E-state index in [2.05, 4.69) is 36.9 Å². The molecule has 1 aliphatic rings. The molecule has 0 unspecified atom stereocenters. The number of nitrogens with zero attached hydrogens (tertiary/aromatic N) is 2. The number of hydrogen-bond donors (Lipinski definition) is 2. The molecule has 0 spiro atoms. The number of nitrogens with one attached hydrogen (secondary N) is 1. The van der Waals surface area contributed by atoms with Gasteiger partial charge >= 0.3 is 0 Å². The number of nitrogen functional groups attached to an aromatic ring is 1. The predicted octanol–water partition coefficient (Wildman–Crippen LogP) is 2.31. The fourth-order valence-corrected chi connectivity index (χ4v) is 2.89. The van der Waals surface area contributed by atoms with Crippen molar-refractivity contribution < 1.29 is 0 Å². The Kier molecular flexibility index (Phi) is 2.80. The molecule has 1 aliphatic heterocycles. The highest BCUT2D eigenvalue weighted by Gasteiger charge is 2.19. The molecule has 2 heterocycles. The average molecular weight is 295 g/mol. The van der Waals surface area contributed by atoms with Gasteiger partial charge in [-0.05, 0) is 44.1 Å². The fourth-order valence-electron chi connectivity index (χ4n) is 2.54. The molecule has 90 valence electrons. The molecule has 1 fully saturated rings. The Hall–Kier alpha value is -1.07. The average Bonchev–Trinajstić information content (AvgIpc) is 2.65. The van der Waals surface area contributed by atoms with Crippen LogP contribution in [0.5, 0.6) is 0 Å². The van der Waals surface area contributed by atoms with Crippen LogP contribution in [0.4, 0.5) is 5.95 Å². The standard InChI is InChI=1S/C12H15BrN4/c13-8-1-2-11-10(7-8)16-12(14)17(11)9-3-5-15-6-4-9/h1-2,7,9,15H,3-6H2,(H2,14,16). The van der Waals surface area contributed by atoms with Crippen LogP contribution < -0.4 is 11.1 Å². The van der Waals surface area contributed by atoms with Gasteiger partial charge < -0.3 is 15.6 Å². The van der Waals surface area contributed by atoms with Crippen LogP contribution in [0.1, 0.15) is 18.9 Å². The van der Waals surface area contributed by atoms with Crippen molar-refractivity contribution in [2.75, 3.05) is 18.8 Å². The number of aromatic nitrogens is 2. The molecular weight excluding hydrogens is 280 g/mol. The number of anilines is 1. The topological polar surface area (TPSA) is 55.9 Å². The lowest BCUT2D eigenvalue weighted by Gasteiger charge is -2.25. The first-order valence-corrected chi connectivity index (χ1v) is 6.68. The Bertz CT molecular complexity index is 543. The first-order valence-electron chi connectivity index (χ1n) is 5.89. The quantitative estimate of drug-likeness (QED) is 0.849. The smallest absolute Gasteiger partial charge is 0.201 e. The SMILES string of the molecule is Nc1nc2cc(Br)ccc2n1C1CCNCC1. The molecule has 0 saturated carbocycles. The molecule has 3 rings (SSSR count). The van der Waals surface area contributed by atoms with E-state index >= 15 is 0 Å². The Labute approximate surface area is 108 Å². The normalized spacial score (nSPS) is 17.7. The maximum atomic E-state index is 6.05. The van der Waals surface area contributed by atoms with E-state index in [1.165, 1.54) is 0 Å². The summed E-state index contributed by atoms with van der Waals surface area (Å²) in [5, 5.41) is 3.37. The van der Waals surface area contributed by atoms with Gasteiger partial charge in [-0.1, -0.05) is 15.9 Å². The Morgan fingerprint density at radius 2 is 2.12 bits per heavy atom. The maximum Gasteiger partial charge on any atom is 0.201 e. The summed E-state index contributed by atoms with van der Waals surface area (Å²) in [4.78, 5) is 4.44. The number of rotatable bonds is 1. The summed E-state index contributed by atoms with van der Waals surface area (Å²) < 4.78 is 3.22. The van der Waals surface area contributed by atoms with Gasteiger partial charge in [0.1, 0.15) is 0 Å². The van der Waals surface area contributed by atoms with E-state index in [9.17, 15) is 0 Å². The molecule has 0 amide bonds. The number of piperidine rings is 1. The summed E-state index contributed by atoms with van der Waals surface area (Å²) >= 11 is 3.46. The zero-order valence-corrected chi connectivity index (χ0v) is 11.1. The third kappa shape index (κ3) is 1.93. The van der Waals surface area contributed by atoms with Crippen LogP contribution in [0.25, 0.3) is 11.0 Å². The molecule has 1 aromatic carbocycles. The lowest BCUT2D eigenvalue weighted by Crippen LogP contribution is -2.29. The second-order valence-corrected chi connectivity index (χ2v) is 5.37. The summed E-state index contributed by atoms with van der Waals surface area (Å²) in [6.07, 6.45) is 2.23. The van der Waals surface area contributed by atoms with Crippen LogP contribution in [-0.4, -0.2) is 22.6 Å². The van der Waals surface area contributed by atoms with Crippen molar-refractivity contribution in [1.82, 2.24) is 14.9 Å². The number of imidazole rings is 1. The molecule has 1 aromatic heterocycles. The third-order valence-electron chi connectivity index (χ3n) is 3.35. The molecule has 0 atom stereocenters. The molecule has 5 heteroatoms. The molecule has 2 aromatic rings. The number of hydrogen-bond acceptors (Lipinski definition) is 3. The predicted molar refractivity (Wildman–Crippen MR) is 73.0 cm³/mol. The van der Waals surface area contributed by atoms with E-state index in [4.69, 9.17) is 5.73 Å². The fraction of sp³-hybridized carbons (Fsp3) is 0.417. The van der Waals surface area contributed by atoms with Crippen molar-refractivity contribution in [3.8, 4) is 0 Å². The molecule has 17 heavy (non-hydrogen) atoms. The van der Waals surface area contributed by atoms with Crippen molar-refractivity contribution in [3.63, 3.8) is 0 Å². The molecule has 0 radical (unpaired) electrons. The summed E-state index contributed by atoms with van der Waals surface area (Å²) in [5.74, 6) is 0.630. The van der Waals surface area contributed by atoms with E-state index < -0.39 is 0 Å². The molecule has 4 nitrogen and oxygen atoms in total. The third-order valence-corrected chi connectivity index (χ3v) is 3.85. The molecule has 3 N–H and O–H groups in total. The van der Waals surface area contributed by atoms with E-state index in [1.54, 1.807) is 0 Å². The Morgan fingerprint density at radius 1 is 1.35 bits per heavy atom. The second-order valence-electron chi connectivity index (χ2n) is 4.45. The van der Waals surface area contributed by atoms with Gasteiger partial charge in [-0.2, -0.15) is 0 Å². The minimum Gasteiger partial charge on any atom is -0.369 e. The highest BCUT2D eigenvalue weighted by Crippen LogP contribution is 2.29. The number of nitrogens with two attached hydrogens (primary N) is 1. The van der Waals surface area contributed by atoms with Gasteiger partial charge in [0.2, 0.25) is 5.95 Å². The van der Waals surface area contributed by atoms with Crippen molar-refractivity contribution >= 4 is 32.9 Å². The van der Waals surface area contributed by atoms with Crippen molar-refractivity contribution in [1.29, 1.82) is 0 Å². The lowest BCUT2D eigenvalue weighted by atomic mass is 10.1. The van der Waals surface area contributed by atoms with Gasteiger partial charge in [0.05, 0.1) is 11.0 Å². The van der Waals surface area contributed by atoms with E-state index in [0.717, 1.165) is 41.4 Å².